The topological polar surface area (TPSA) is 95.7 Å². The Balaban J connectivity index is 1.28. The average Bonchev–Trinajstić information content (AvgIpc) is 3.29. The number of nitrogens with one attached hydrogen (secondary N) is 1. The zero-order chi connectivity index (χ0) is 23.3. The molecular weight excluding hydrogens is 418 g/mol. The monoisotopic (exact) mass is 453 g/mol. The minimum Gasteiger partial charge on any atom is -0.481 e. The number of carboxylic acid groups (broad SMARTS) is 1. The first kappa shape index (κ1) is 23.5. The number of aryl methyl sites for hydroxylation is 1. The van der Waals surface area contributed by atoms with Crippen molar-refractivity contribution in [2.24, 2.45) is 5.41 Å². The number of aliphatic carboxylic acids is 1. The maximum absolute atomic E-state index is 12.9. The van der Waals surface area contributed by atoms with Gasteiger partial charge in [0.1, 0.15) is 0 Å². The van der Waals surface area contributed by atoms with Gasteiger partial charge in [-0.1, -0.05) is 25.3 Å². The molecule has 4 rings (SSSR count). The molecule has 2 aromatic rings. The van der Waals surface area contributed by atoms with E-state index in [-0.39, 0.29) is 17.4 Å². The minimum atomic E-state index is -0.670. The standard InChI is InChI=1S/C26H35N3O4/c1-19-5-6-22(27-18-19)21-9-16-33-24(21)25(32)28-20-7-13-29(14-8-20)15-12-26(17-23(30)31)10-3-2-4-11-26/h5-6,9,16,18,20H,2-4,7-8,10-15,17H2,1H3,(H,28,32)(H,30,31). The van der Waals surface area contributed by atoms with Gasteiger partial charge < -0.3 is 19.7 Å². The molecule has 2 aliphatic rings. The smallest absolute Gasteiger partial charge is 0.303 e. The molecule has 0 atom stereocenters. The van der Waals surface area contributed by atoms with E-state index in [9.17, 15) is 14.7 Å². The SMILES string of the molecule is Cc1ccc(-c2ccoc2C(=O)NC2CCN(CCC3(CC(=O)O)CCCCC3)CC2)nc1. The Kier molecular flexibility index (Phi) is 7.48. The molecule has 0 spiro atoms. The van der Waals surface area contributed by atoms with Crippen molar-refractivity contribution in [3.05, 3.63) is 42.0 Å². The number of furan rings is 1. The van der Waals surface area contributed by atoms with Crippen molar-refractivity contribution < 1.29 is 19.1 Å². The minimum absolute atomic E-state index is 0.0329. The van der Waals surface area contributed by atoms with Crippen molar-refractivity contribution in [2.75, 3.05) is 19.6 Å². The van der Waals surface area contributed by atoms with Gasteiger partial charge in [-0.15, -0.1) is 0 Å². The molecule has 2 N–H and O–H groups in total. The fraction of sp³-hybridized carbons (Fsp3) is 0.577. The molecule has 1 aliphatic heterocycles. The maximum atomic E-state index is 12.9. The van der Waals surface area contributed by atoms with Crippen LogP contribution in [0.1, 0.15) is 73.9 Å². The number of piperidine rings is 1. The van der Waals surface area contributed by atoms with Crippen LogP contribution in [0.25, 0.3) is 11.3 Å². The van der Waals surface area contributed by atoms with Crippen molar-refractivity contribution in [1.29, 1.82) is 0 Å². The molecule has 2 fully saturated rings. The quantitative estimate of drug-likeness (QED) is 0.604. The molecule has 3 heterocycles. The van der Waals surface area contributed by atoms with E-state index in [2.05, 4.69) is 15.2 Å². The van der Waals surface area contributed by atoms with Gasteiger partial charge in [-0.2, -0.15) is 0 Å². The van der Waals surface area contributed by atoms with Crippen molar-refractivity contribution in [2.45, 2.75) is 70.8 Å². The lowest BCUT2D eigenvalue weighted by Gasteiger charge is -2.39. The first-order valence-electron chi connectivity index (χ1n) is 12.2. The summed E-state index contributed by atoms with van der Waals surface area (Å²) in [6.07, 6.45) is 11.9. The van der Waals surface area contributed by atoms with Gasteiger partial charge in [0.2, 0.25) is 5.76 Å². The highest BCUT2D eigenvalue weighted by Gasteiger charge is 2.35. The summed E-state index contributed by atoms with van der Waals surface area (Å²) in [5, 5.41) is 12.5. The van der Waals surface area contributed by atoms with Crippen LogP contribution in [0.5, 0.6) is 0 Å². The van der Waals surface area contributed by atoms with Gasteiger partial charge in [0, 0.05) is 25.3 Å². The van der Waals surface area contributed by atoms with E-state index in [1.54, 1.807) is 12.3 Å². The summed E-state index contributed by atoms with van der Waals surface area (Å²) < 4.78 is 5.51. The van der Waals surface area contributed by atoms with E-state index in [1.807, 2.05) is 19.1 Å². The highest BCUT2D eigenvalue weighted by atomic mass is 16.4. The molecular formula is C26H35N3O4. The number of aromatic nitrogens is 1. The summed E-state index contributed by atoms with van der Waals surface area (Å²) in [6, 6.07) is 5.77. The summed E-state index contributed by atoms with van der Waals surface area (Å²) in [5.41, 5.74) is 2.47. The van der Waals surface area contributed by atoms with Gasteiger partial charge in [0.05, 0.1) is 23.9 Å². The van der Waals surface area contributed by atoms with Crippen LogP contribution < -0.4 is 5.32 Å². The van der Waals surface area contributed by atoms with Crippen LogP contribution in [0, 0.1) is 12.3 Å². The second kappa shape index (κ2) is 10.5. The normalized spacial score (nSPS) is 19.3. The lowest BCUT2D eigenvalue weighted by atomic mass is 9.69. The molecule has 1 aliphatic carbocycles. The number of carbonyl (C=O) groups excluding carboxylic acids is 1. The molecule has 0 aromatic carbocycles. The van der Waals surface area contributed by atoms with Crippen molar-refractivity contribution in [1.82, 2.24) is 15.2 Å². The van der Waals surface area contributed by atoms with Crippen LogP contribution >= 0.6 is 0 Å². The number of carbonyl (C=O) groups is 2. The van der Waals surface area contributed by atoms with Crippen LogP contribution in [0.3, 0.4) is 0 Å². The van der Waals surface area contributed by atoms with Gasteiger partial charge in [0.25, 0.3) is 5.91 Å². The Morgan fingerprint density at radius 2 is 1.94 bits per heavy atom. The van der Waals surface area contributed by atoms with Crippen LogP contribution in [-0.2, 0) is 4.79 Å². The summed E-state index contributed by atoms with van der Waals surface area (Å²) >= 11 is 0. The van der Waals surface area contributed by atoms with Gasteiger partial charge >= 0.3 is 5.97 Å². The summed E-state index contributed by atoms with van der Waals surface area (Å²) in [7, 11) is 0. The van der Waals surface area contributed by atoms with E-state index in [1.165, 1.54) is 12.7 Å². The summed E-state index contributed by atoms with van der Waals surface area (Å²) in [4.78, 5) is 31.2. The lowest BCUT2D eigenvalue weighted by Crippen LogP contribution is -2.45. The Labute approximate surface area is 195 Å². The Hall–Kier alpha value is -2.67. The number of rotatable bonds is 8. The highest BCUT2D eigenvalue weighted by molar-refractivity contribution is 5.97. The van der Waals surface area contributed by atoms with Crippen LogP contribution in [0.2, 0.25) is 0 Å². The van der Waals surface area contributed by atoms with Crippen LogP contribution in [0.15, 0.2) is 35.1 Å². The molecule has 1 amide bonds. The highest BCUT2D eigenvalue weighted by Crippen LogP contribution is 2.42. The third-order valence-electron chi connectivity index (χ3n) is 7.38. The molecule has 1 saturated carbocycles. The van der Waals surface area contributed by atoms with Crippen molar-refractivity contribution in [3.8, 4) is 11.3 Å². The number of hydrogen-bond donors (Lipinski definition) is 2. The number of amides is 1. The summed E-state index contributed by atoms with van der Waals surface area (Å²) in [6.45, 7) is 4.75. The number of pyridine rings is 1. The first-order valence-corrected chi connectivity index (χ1v) is 12.2. The number of hydrogen-bond acceptors (Lipinski definition) is 5. The largest absolute Gasteiger partial charge is 0.481 e. The predicted octanol–water partition coefficient (Wildman–Crippen LogP) is 4.66. The zero-order valence-corrected chi connectivity index (χ0v) is 19.5. The number of nitrogens with zero attached hydrogens (tertiary/aromatic N) is 2. The fourth-order valence-corrected chi connectivity index (χ4v) is 5.40. The lowest BCUT2D eigenvalue weighted by molar-refractivity contribution is -0.140. The molecule has 1 saturated heterocycles. The summed E-state index contributed by atoms with van der Waals surface area (Å²) in [5.74, 6) is -0.559. The molecule has 7 heteroatoms. The van der Waals surface area contributed by atoms with Crippen LogP contribution in [0.4, 0.5) is 0 Å². The molecule has 0 radical (unpaired) electrons. The molecule has 2 aromatic heterocycles. The average molecular weight is 454 g/mol. The van der Waals surface area contributed by atoms with Crippen molar-refractivity contribution >= 4 is 11.9 Å². The molecule has 0 bridgehead atoms. The predicted molar refractivity (Wildman–Crippen MR) is 126 cm³/mol. The molecule has 33 heavy (non-hydrogen) atoms. The third-order valence-corrected chi connectivity index (χ3v) is 7.38. The third kappa shape index (κ3) is 6.02. The molecule has 0 unspecified atom stereocenters. The second-order valence-corrected chi connectivity index (χ2v) is 9.85. The zero-order valence-electron chi connectivity index (χ0n) is 19.5. The Morgan fingerprint density at radius 3 is 2.61 bits per heavy atom. The van der Waals surface area contributed by atoms with Gasteiger partial charge in [-0.3, -0.25) is 14.6 Å². The fourth-order valence-electron chi connectivity index (χ4n) is 5.40. The Morgan fingerprint density at radius 1 is 1.18 bits per heavy atom. The van der Waals surface area contributed by atoms with E-state index >= 15 is 0 Å². The number of likely N-dealkylation sites (tertiary alicyclic amines) is 1. The Bertz CT molecular complexity index is 939. The molecule has 178 valence electrons. The second-order valence-electron chi connectivity index (χ2n) is 9.85. The van der Waals surface area contributed by atoms with E-state index in [0.29, 0.717) is 17.7 Å². The number of carboxylic acids is 1. The van der Waals surface area contributed by atoms with E-state index in [4.69, 9.17) is 4.42 Å². The van der Waals surface area contributed by atoms with Crippen molar-refractivity contribution in [3.63, 3.8) is 0 Å². The van der Waals surface area contributed by atoms with Gasteiger partial charge in [0.15, 0.2) is 0 Å². The first-order chi connectivity index (χ1) is 15.9. The van der Waals surface area contributed by atoms with E-state index < -0.39 is 5.97 Å². The van der Waals surface area contributed by atoms with Gasteiger partial charge in [-0.25, -0.2) is 0 Å². The van der Waals surface area contributed by atoms with Gasteiger partial charge in [-0.05, 0) is 68.7 Å². The molecule has 7 nitrogen and oxygen atoms in total. The van der Waals surface area contributed by atoms with E-state index in [0.717, 1.165) is 75.8 Å². The van der Waals surface area contributed by atoms with Crippen LogP contribution in [-0.4, -0.2) is 52.5 Å². The maximum Gasteiger partial charge on any atom is 0.303 e.